The van der Waals surface area contributed by atoms with E-state index in [0.29, 0.717) is 15.8 Å². The maximum Gasteiger partial charge on any atom is 0.223 e. The number of imidazole rings is 1. The smallest absolute Gasteiger partial charge is 0.223 e. The summed E-state index contributed by atoms with van der Waals surface area (Å²) in [5.41, 5.74) is 2.40. The number of aromatic nitrogens is 3. The fourth-order valence-corrected chi connectivity index (χ4v) is 2.29. The van der Waals surface area contributed by atoms with Crippen molar-refractivity contribution in [2.24, 2.45) is 0 Å². The molecule has 0 saturated carbocycles. The summed E-state index contributed by atoms with van der Waals surface area (Å²) in [6.45, 7) is 0. The second-order valence-corrected chi connectivity index (χ2v) is 4.65. The van der Waals surface area contributed by atoms with Crippen LogP contribution in [0.15, 0.2) is 23.8 Å². The lowest BCUT2D eigenvalue weighted by atomic mass is 10.3. The van der Waals surface area contributed by atoms with Gasteiger partial charge in [0, 0.05) is 0 Å². The van der Waals surface area contributed by atoms with Crippen LogP contribution in [0.3, 0.4) is 0 Å². The lowest BCUT2D eigenvalue weighted by Gasteiger charge is -2.04. The molecule has 3 rings (SSSR count). The summed E-state index contributed by atoms with van der Waals surface area (Å²) >= 11 is 7.42. The average Bonchev–Trinajstić information content (AvgIpc) is 2.88. The summed E-state index contributed by atoms with van der Waals surface area (Å²) in [6.07, 6.45) is 1.61. The number of H-pyrrole nitrogens is 1. The van der Waals surface area contributed by atoms with Gasteiger partial charge in [0.1, 0.15) is 0 Å². The van der Waals surface area contributed by atoms with E-state index in [0.717, 1.165) is 11.0 Å². The van der Waals surface area contributed by atoms with Crippen LogP contribution in [0.2, 0.25) is 5.02 Å². The first-order chi connectivity index (χ1) is 8.22. The SMILES string of the molecule is Oc1csc(Nc2cc3nc[nH]c3cc2Cl)n1. The molecule has 0 radical (unpaired) electrons. The van der Waals surface area contributed by atoms with Crippen LogP contribution >= 0.6 is 22.9 Å². The number of fused-ring (bicyclic) bond motifs is 1. The minimum Gasteiger partial charge on any atom is -0.493 e. The van der Waals surface area contributed by atoms with E-state index in [1.165, 1.54) is 11.3 Å². The normalized spacial score (nSPS) is 10.9. The highest BCUT2D eigenvalue weighted by molar-refractivity contribution is 7.14. The van der Waals surface area contributed by atoms with E-state index < -0.39 is 0 Å². The van der Waals surface area contributed by atoms with Gasteiger partial charge in [-0.2, -0.15) is 4.98 Å². The maximum atomic E-state index is 9.15. The molecule has 0 spiro atoms. The second kappa shape index (κ2) is 3.90. The van der Waals surface area contributed by atoms with E-state index in [9.17, 15) is 0 Å². The first kappa shape index (κ1) is 10.4. The fourth-order valence-electron chi connectivity index (χ4n) is 1.49. The van der Waals surface area contributed by atoms with Gasteiger partial charge < -0.3 is 15.4 Å². The fraction of sp³-hybridized carbons (Fsp3) is 0. The van der Waals surface area contributed by atoms with Crippen molar-refractivity contribution in [1.29, 1.82) is 0 Å². The van der Waals surface area contributed by atoms with Crippen LogP contribution in [0.5, 0.6) is 5.88 Å². The Morgan fingerprint density at radius 3 is 3.06 bits per heavy atom. The molecule has 1 aromatic carbocycles. The summed E-state index contributed by atoms with van der Waals surface area (Å²) in [5.74, 6) is -0.00512. The molecule has 2 heterocycles. The zero-order valence-electron chi connectivity index (χ0n) is 8.44. The molecule has 86 valence electrons. The van der Waals surface area contributed by atoms with E-state index in [4.69, 9.17) is 16.7 Å². The molecule has 3 N–H and O–H groups in total. The molecule has 0 aliphatic heterocycles. The maximum absolute atomic E-state index is 9.15. The van der Waals surface area contributed by atoms with Crippen LogP contribution in [0.25, 0.3) is 11.0 Å². The lowest BCUT2D eigenvalue weighted by Crippen LogP contribution is -1.90. The number of nitrogens with one attached hydrogen (secondary N) is 2. The van der Waals surface area contributed by atoms with Gasteiger partial charge in [-0.25, -0.2) is 4.98 Å². The minimum absolute atomic E-state index is 0.00512. The summed E-state index contributed by atoms with van der Waals surface area (Å²) in [5, 5.41) is 14.9. The quantitative estimate of drug-likeness (QED) is 0.666. The number of aromatic amines is 1. The van der Waals surface area contributed by atoms with Gasteiger partial charge in [0.05, 0.1) is 33.5 Å². The molecule has 3 aromatic rings. The zero-order valence-corrected chi connectivity index (χ0v) is 10.0. The van der Waals surface area contributed by atoms with Crippen LogP contribution in [0.4, 0.5) is 10.8 Å². The van der Waals surface area contributed by atoms with Crippen LogP contribution in [-0.2, 0) is 0 Å². The number of nitrogens with zero attached hydrogens (tertiary/aromatic N) is 2. The van der Waals surface area contributed by atoms with Crippen molar-refractivity contribution in [3.63, 3.8) is 0 Å². The van der Waals surface area contributed by atoms with Crippen LogP contribution in [0.1, 0.15) is 0 Å². The molecule has 7 heteroatoms. The van der Waals surface area contributed by atoms with Crippen LogP contribution < -0.4 is 5.32 Å². The van der Waals surface area contributed by atoms with Gasteiger partial charge in [0.15, 0.2) is 5.13 Å². The molecule has 0 saturated heterocycles. The van der Waals surface area contributed by atoms with Gasteiger partial charge >= 0.3 is 0 Å². The molecule has 0 aliphatic carbocycles. The van der Waals surface area contributed by atoms with Gasteiger partial charge in [-0.05, 0) is 12.1 Å². The van der Waals surface area contributed by atoms with Crippen LogP contribution in [-0.4, -0.2) is 20.1 Å². The third-order valence-electron chi connectivity index (χ3n) is 2.24. The Bertz CT molecular complexity index is 678. The van der Waals surface area contributed by atoms with Crippen LogP contribution in [0, 0.1) is 0 Å². The van der Waals surface area contributed by atoms with E-state index in [2.05, 4.69) is 20.3 Å². The molecule has 0 aliphatic rings. The Labute approximate surface area is 105 Å². The van der Waals surface area contributed by atoms with Crippen molar-refractivity contribution in [2.75, 3.05) is 5.32 Å². The Morgan fingerprint density at radius 1 is 1.41 bits per heavy atom. The largest absolute Gasteiger partial charge is 0.493 e. The van der Waals surface area contributed by atoms with E-state index in [1.807, 2.05) is 6.07 Å². The van der Waals surface area contributed by atoms with Crippen molar-refractivity contribution >= 4 is 44.8 Å². The molecule has 0 fully saturated rings. The second-order valence-electron chi connectivity index (χ2n) is 3.39. The number of rotatable bonds is 2. The number of thiazole rings is 1. The molecule has 0 unspecified atom stereocenters. The zero-order chi connectivity index (χ0) is 11.8. The number of benzene rings is 1. The number of anilines is 2. The van der Waals surface area contributed by atoms with Gasteiger partial charge in [-0.15, -0.1) is 11.3 Å². The summed E-state index contributed by atoms with van der Waals surface area (Å²) < 4.78 is 0. The van der Waals surface area contributed by atoms with Gasteiger partial charge in [0.25, 0.3) is 0 Å². The van der Waals surface area contributed by atoms with Crippen molar-refractivity contribution in [2.45, 2.75) is 0 Å². The molecular weight excluding hydrogens is 260 g/mol. The van der Waals surface area contributed by atoms with Gasteiger partial charge in [-0.3, -0.25) is 0 Å². The third-order valence-corrected chi connectivity index (χ3v) is 3.30. The average molecular weight is 267 g/mol. The van der Waals surface area contributed by atoms with Crippen molar-refractivity contribution in [1.82, 2.24) is 15.0 Å². The first-order valence-electron chi connectivity index (χ1n) is 4.76. The number of hydrogen-bond acceptors (Lipinski definition) is 5. The Balaban J connectivity index is 2.01. The van der Waals surface area contributed by atoms with Gasteiger partial charge in [-0.1, -0.05) is 11.6 Å². The molecule has 0 amide bonds. The van der Waals surface area contributed by atoms with E-state index >= 15 is 0 Å². The molecule has 0 bridgehead atoms. The Hall–Kier alpha value is -1.79. The molecule has 2 aromatic heterocycles. The molecule has 5 nitrogen and oxygen atoms in total. The van der Waals surface area contributed by atoms with E-state index in [-0.39, 0.29) is 5.88 Å². The highest BCUT2D eigenvalue weighted by Gasteiger charge is 2.07. The highest BCUT2D eigenvalue weighted by Crippen LogP contribution is 2.31. The number of aromatic hydroxyl groups is 1. The predicted molar refractivity (Wildman–Crippen MR) is 68.2 cm³/mol. The molecule has 0 atom stereocenters. The Kier molecular flexibility index (Phi) is 2.38. The number of hydrogen-bond donors (Lipinski definition) is 3. The van der Waals surface area contributed by atoms with E-state index in [1.54, 1.807) is 17.8 Å². The number of halogens is 1. The molecule has 17 heavy (non-hydrogen) atoms. The standard InChI is InChI=1S/C10H7ClN4OS/c11-5-1-7-8(13-4-12-7)2-6(5)14-10-15-9(16)3-17-10/h1-4,16H,(H,12,13)(H,14,15). The monoisotopic (exact) mass is 266 g/mol. The summed E-state index contributed by atoms with van der Waals surface area (Å²) in [7, 11) is 0. The third kappa shape index (κ3) is 1.92. The topological polar surface area (TPSA) is 73.8 Å². The lowest BCUT2D eigenvalue weighted by molar-refractivity contribution is 0.458. The van der Waals surface area contributed by atoms with Crippen molar-refractivity contribution < 1.29 is 5.11 Å². The van der Waals surface area contributed by atoms with Gasteiger partial charge in [0.2, 0.25) is 5.88 Å². The first-order valence-corrected chi connectivity index (χ1v) is 6.02. The van der Waals surface area contributed by atoms with Crippen molar-refractivity contribution in [3.05, 3.63) is 28.9 Å². The Morgan fingerprint density at radius 2 is 2.29 bits per heavy atom. The summed E-state index contributed by atoms with van der Waals surface area (Å²) in [4.78, 5) is 11.0. The molecular formula is C10H7ClN4OS. The predicted octanol–water partition coefficient (Wildman–Crippen LogP) is 3.12. The summed E-state index contributed by atoms with van der Waals surface area (Å²) in [6, 6.07) is 3.62. The minimum atomic E-state index is -0.00512. The van der Waals surface area contributed by atoms with Crippen molar-refractivity contribution in [3.8, 4) is 5.88 Å². The highest BCUT2D eigenvalue weighted by atomic mass is 35.5.